The van der Waals surface area contributed by atoms with E-state index in [2.05, 4.69) is 31.2 Å². The molecule has 1 aromatic carbocycles. The highest BCUT2D eigenvalue weighted by atomic mass is 16.2. The molecule has 1 fully saturated rings. The lowest BCUT2D eigenvalue weighted by molar-refractivity contribution is -0.132. The van der Waals surface area contributed by atoms with E-state index in [0.29, 0.717) is 18.9 Å². The smallest absolute Gasteiger partial charge is 0.222 e. The minimum Gasteiger partial charge on any atom is -0.341 e. The number of amides is 1. The number of nitrogens with zero attached hydrogens (tertiary/aromatic N) is 1. The molecular formula is C15H22N2O. The molecule has 1 aliphatic heterocycles. The van der Waals surface area contributed by atoms with E-state index in [-0.39, 0.29) is 11.9 Å². The summed E-state index contributed by atoms with van der Waals surface area (Å²) in [5.74, 6) is 0.590. The van der Waals surface area contributed by atoms with E-state index in [1.165, 1.54) is 11.1 Å². The van der Waals surface area contributed by atoms with Gasteiger partial charge in [-0.15, -0.1) is 0 Å². The fraction of sp³-hybridized carbons (Fsp3) is 0.533. The average molecular weight is 246 g/mol. The molecule has 0 radical (unpaired) electrons. The number of hydrogen-bond donors (Lipinski definition) is 1. The van der Waals surface area contributed by atoms with Crippen LogP contribution in [0.1, 0.15) is 36.8 Å². The highest BCUT2D eigenvalue weighted by molar-refractivity contribution is 5.76. The van der Waals surface area contributed by atoms with Gasteiger partial charge >= 0.3 is 0 Å². The Balaban J connectivity index is 2.15. The lowest BCUT2D eigenvalue weighted by Crippen LogP contribution is -2.48. The second-order valence-electron chi connectivity index (χ2n) is 5.26. The maximum atomic E-state index is 11.8. The van der Waals surface area contributed by atoms with Crippen molar-refractivity contribution in [2.75, 3.05) is 13.1 Å². The second kappa shape index (κ2) is 5.53. The van der Waals surface area contributed by atoms with Crippen molar-refractivity contribution in [2.24, 2.45) is 5.73 Å². The van der Waals surface area contributed by atoms with Crippen LogP contribution in [0.4, 0.5) is 0 Å². The third-order valence-corrected chi connectivity index (χ3v) is 3.65. The van der Waals surface area contributed by atoms with Gasteiger partial charge in [0.1, 0.15) is 0 Å². The van der Waals surface area contributed by atoms with E-state index >= 15 is 0 Å². The zero-order valence-electron chi connectivity index (χ0n) is 11.2. The number of carbonyl (C=O) groups is 1. The van der Waals surface area contributed by atoms with Crippen molar-refractivity contribution < 1.29 is 4.79 Å². The largest absolute Gasteiger partial charge is 0.341 e. The zero-order valence-corrected chi connectivity index (χ0v) is 11.2. The number of benzene rings is 1. The first-order chi connectivity index (χ1) is 8.60. The van der Waals surface area contributed by atoms with Crippen LogP contribution in [-0.4, -0.2) is 29.9 Å². The average Bonchev–Trinajstić information content (AvgIpc) is 2.37. The van der Waals surface area contributed by atoms with Gasteiger partial charge in [-0.3, -0.25) is 4.79 Å². The van der Waals surface area contributed by atoms with Crippen LogP contribution in [0, 0.1) is 6.92 Å². The van der Waals surface area contributed by atoms with Gasteiger partial charge in [-0.25, -0.2) is 0 Å². The summed E-state index contributed by atoms with van der Waals surface area (Å²) in [5, 5.41) is 0. The van der Waals surface area contributed by atoms with Gasteiger partial charge in [0.15, 0.2) is 0 Å². The van der Waals surface area contributed by atoms with Crippen LogP contribution in [0.25, 0.3) is 0 Å². The Bertz CT molecular complexity index is 430. The second-order valence-corrected chi connectivity index (χ2v) is 5.26. The molecule has 98 valence electrons. The molecular weight excluding hydrogens is 224 g/mol. The summed E-state index contributed by atoms with van der Waals surface area (Å²) in [4.78, 5) is 13.7. The summed E-state index contributed by atoms with van der Waals surface area (Å²) < 4.78 is 0. The lowest BCUT2D eigenvalue weighted by Gasteiger charge is -2.36. The van der Waals surface area contributed by atoms with Gasteiger partial charge in [0.2, 0.25) is 5.91 Å². The number of carbonyl (C=O) groups excluding carboxylic acids is 1. The fourth-order valence-corrected chi connectivity index (χ4v) is 2.73. The zero-order chi connectivity index (χ0) is 13.1. The molecule has 0 saturated carbocycles. The maximum Gasteiger partial charge on any atom is 0.222 e. The standard InChI is InChI=1S/C15H22N2O/c1-3-15(18)17-9-13(8-14(16)10-17)12-6-4-5-11(2)7-12/h4-7,13-14H,3,8-10,16H2,1-2H3. The van der Waals surface area contributed by atoms with Gasteiger partial charge in [0.25, 0.3) is 0 Å². The fourth-order valence-electron chi connectivity index (χ4n) is 2.73. The molecule has 3 heteroatoms. The third-order valence-electron chi connectivity index (χ3n) is 3.65. The van der Waals surface area contributed by atoms with E-state index in [0.717, 1.165) is 13.0 Å². The maximum absolute atomic E-state index is 11.8. The summed E-state index contributed by atoms with van der Waals surface area (Å²) >= 11 is 0. The number of aryl methyl sites for hydroxylation is 1. The van der Waals surface area contributed by atoms with Gasteiger partial charge in [-0.05, 0) is 18.9 Å². The quantitative estimate of drug-likeness (QED) is 0.868. The van der Waals surface area contributed by atoms with Crippen LogP contribution in [0.2, 0.25) is 0 Å². The molecule has 1 aromatic rings. The van der Waals surface area contributed by atoms with Gasteiger partial charge in [-0.2, -0.15) is 0 Å². The molecule has 3 nitrogen and oxygen atoms in total. The molecule has 2 atom stereocenters. The van der Waals surface area contributed by atoms with Crippen molar-refractivity contribution in [3.63, 3.8) is 0 Å². The van der Waals surface area contributed by atoms with E-state index in [1.807, 2.05) is 11.8 Å². The molecule has 1 heterocycles. The van der Waals surface area contributed by atoms with E-state index in [1.54, 1.807) is 0 Å². The Morgan fingerprint density at radius 2 is 2.22 bits per heavy atom. The normalized spacial score (nSPS) is 24.1. The van der Waals surface area contributed by atoms with Gasteiger partial charge in [0.05, 0.1) is 0 Å². The van der Waals surface area contributed by atoms with Crippen molar-refractivity contribution in [2.45, 2.75) is 38.6 Å². The number of nitrogens with two attached hydrogens (primary N) is 1. The Morgan fingerprint density at radius 3 is 2.89 bits per heavy atom. The molecule has 0 aliphatic carbocycles. The Labute approximate surface area is 109 Å². The van der Waals surface area contributed by atoms with Gasteiger partial charge in [0, 0.05) is 31.5 Å². The molecule has 2 unspecified atom stereocenters. The molecule has 1 aliphatic rings. The lowest BCUT2D eigenvalue weighted by atomic mass is 9.87. The predicted octanol–water partition coefficient (Wildman–Crippen LogP) is 2.05. The number of likely N-dealkylation sites (tertiary alicyclic amines) is 1. The minimum absolute atomic E-state index is 0.0970. The predicted molar refractivity (Wildman–Crippen MR) is 73.4 cm³/mol. The van der Waals surface area contributed by atoms with Crippen molar-refractivity contribution in [1.29, 1.82) is 0 Å². The number of piperidine rings is 1. The summed E-state index contributed by atoms with van der Waals surface area (Å²) in [6.07, 6.45) is 1.53. The highest BCUT2D eigenvalue weighted by Gasteiger charge is 2.28. The highest BCUT2D eigenvalue weighted by Crippen LogP contribution is 2.27. The van der Waals surface area contributed by atoms with Crippen LogP contribution in [0.5, 0.6) is 0 Å². The third kappa shape index (κ3) is 2.91. The van der Waals surface area contributed by atoms with Crippen LogP contribution in [0.15, 0.2) is 24.3 Å². The van der Waals surface area contributed by atoms with Crippen molar-refractivity contribution in [3.8, 4) is 0 Å². The first kappa shape index (κ1) is 13.1. The van der Waals surface area contributed by atoms with Crippen LogP contribution >= 0.6 is 0 Å². The van der Waals surface area contributed by atoms with Crippen LogP contribution < -0.4 is 5.73 Å². The molecule has 0 spiro atoms. The molecule has 0 bridgehead atoms. The Hall–Kier alpha value is -1.35. The first-order valence-corrected chi connectivity index (χ1v) is 6.70. The monoisotopic (exact) mass is 246 g/mol. The summed E-state index contributed by atoms with van der Waals surface area (Å²) in [5.41, 5.74) is 8.66. The molecule has 1 saturated heterocycles. The molecule has 2 rings (SSSR count). The summed E-state index contributed by atoms with van der Waals surface area (Å²) in [6.45, 7) is 5.52. The van der Waals surface area contributed by atoms with Crippen molar-refractivity contribution >= 4 is 5.91 Å². The Kier molecular flexibility index (Phi) is 4.02. The molecule has 18 heavy (non-hydrogen) atoms. The first-order valence-electron chi connectivity index (χ1n) is 6.70. The number of rotatable bonds is 2. The van der Waals surface area contributed by atoms with Gasteiger partial charge < -0.3 is 10.6 Å². The van der Waals surface area contributed by atoms with Crippen LogP contribution in [-0.2, 0) is 4.79 Å². The molecule has 1 amide bonds. The van der Waals surface area contributed by atoms with E-state index < -0.39 is 0 Å². The van der Waals surface area contributed by atoms with Crippen molar-refractivity contribution in [3.05, 3.63) is 35.4 Å². The number of hydrogen-bond acceptors (Lipinski definition) is 2. The topological polar surface area (TPSA) is 46.3 Å². The summed E-state index contributed by atoms with van der Waals surface area (Å²) in [7, 11) is 0. The summed E-state index contributed by atoms with van der Waals surface area (Å²) in [6, 6.07) is 8.62. The minimum atomic E-state index is 0.0970. The molecule has 0 aromatic heterocycles. The van der Waals surface area contributed by atoms with Crippen molar-refractivity contribution in [1.82, 2.24) is 4.90 Å². The van der Waals surface area contributed by atoms with Gasteiger partial charge in [-0.1, -0.05) is 36.8 Å². The molecule has 2 N–H and O–H groups in total. The Morgan fingerprint density at radius 1 is 1.44 bits per heavy atom. The van der Waals surface area contributed by atoms with E-state index in [9.17, 15) is 4.79 Å². The van der Waals surface area contributed by atoms with E-state index in [4.69, 9.17) is 5.73 Å². The SMILES string of the molecule is CCC(=O)N1CC(N)CC(c2cccc(C)c2)C1. The van der Waals surface area contributed by atoms with Crippen LogP contribution in [0.3, 0.4) is 0 Å².